The summed E-state index contributed by atoms with van der Waals surface area (Å²) >= 11 is 4.83. The first-order valence-corrected chi connectivity index (χ1v) is 7.56. The molecule has 0 aliphatic heterocycles. The average molecular weight is 292 g/mol. The molecule has 0 aromatic carbocycles. The van der Waals surface area contributed by atoms with Gasteiger partial charge in [-0.3, -0.25) is 0 Å². The number of aromatic nitrogens is 4. The molecule has 0 aliphatic carbocycles. The second kappa shape index (κ2) is 5.64. The molecule has 0 spiro atoms. The van der Waals surface area contributed by atoms with E-state index in [4.69, 9.17) is 12.6 Å². The van der Waals surface area contributed by atoms with Gasteiger partial charge in [0.25, 0.3) is 0 Å². The standard InChI is InChI=1S/C15H24N4S/c1-9(2)14(20)15(18-12(5)7-10(3)16-18)19-13(6)8-11(4)17-19/h7-9,14-15,20H,1-6H3. The molecule has 0 saturated heterocycles. The number of thiol groups is 1. The maximum Gasteiger partial charge on any atom is 0.155 e. The molecule has 0 bridgehead atoms. The first-order valence-electron chi connectivity index (χ1n) is 7.05. The van der Waals surface area contributed by atoms with Crippen LogP contribution in [0.2, 0.25) is 0 Å². The van der Waals surface area contributed by atoms with Crippen LogP contribution in [0.15, 0.2) is 12.1 Å². The Morgan fingerprint density at radius 2 is 1.30 bits per heavy atom. The van der Waals surface area contributed by atoms with Gasteiger partial charge in [0.05, 0.1) is 11.4 Å². The molecule has 5 heteroatoms. The summed E-state index contributed by atoms with van der Waals surface area (Å²) in [7, 11) is 0. The van der Waals surface area contributed by atoms with Gasteiger partial charge in [0.1, 0.15) is 0 Å². The molecule has 2 rings (SSSR count). The third kappa shape index (κ3) is 2.77. The van der Waals surface area contributed by atoms with Crippen molar-refractivity contribution in [1.29, 1.82) is 0 Å². The summed E-state index contributed by atoms with van der Waals surface area (Å²) in [5, 5.41) is 9.44. The molecule has 1 atom stereocenters. The molecule has 110 valence electrons. The summed E-state index contributed by atoms with van der Waals surface area (Å²) in [6.07, 6.45) is 0.000679. The van der Waals surface area contributed by atoms with E-state index in [1.165, 1.54) is 0 Å². The van der Waals surface area contributed by atoms with Gasteiger partial charge in [0.15, 0.2) is 6.17 Å². The first-order chi connectivity index (χ1) is 9.31. The second-order valence-electron chi connectivity index (χ2n) is 5.89. The lowest BCUT2D eigenvalue weighted by Gasteiger charge is -2.29. The predicted molar refractivity (Wildman–Crippen MR) is 85.4 cm³/mol. The number of hydrogen-bond donors (Lipinski definition) is 1. The molecule has 0 amide bonds. The highest BCUT2D eigenvalue weighted by Gasteiger charge is 2.28. The van der Waals surface area contributed by atoms with E-state index < -0.39 is 0 Å². The van der Waals surface area contributed by atoms with Crippen LogP contribution in [0.3, 0.4) is 0 Å². The number of nitrogens with zero attached hydrogens (tertiary/aromatic N) is 4. The zero-order valence-electron chi connectivity index (χ0n) is 13.1. The topological polar surface area (TPSA) is 35.6 Å². The van der Waals surface area contributed by atoms with Crippen molar-refractivity contribution in [2.24, 2.45) is 5.92 Å². The highest BCUT2D eigenvalue weighted by molar-refractivity contribution is 7.81. The lowest BCUT2D eigenvalue weighted by Crippen LogP contribution is -2.33. The SMILES string of the molecule is Cc1cc(C)n(C(C(S)C(C)C)n2nc(C)cc2C)n1. The van der Waals surface area contributed by atoms with Crippen LogP contribution in [-0.4, -0.2) is 24.8 Å². The van der Waals surface area contributed by atoms with E-state index in [0.29, 0.717) is 5.92 Å². The lowest BCUT2D eigenvalue weighted by atomic mass is 10.1. The Morgan fingerprint density at radius 1 is 0.900 bits per heavy atom. The largest absolute Gasteiger partial charge is 0.244 e. The van der Waals surface area contributed by atoms with E-state index in [1.807, 2.05) is 23.2 Å². The van der Waals surface area contributed by atoms with Crippen molar-refractivity contribution in [2.45, 2.75) is 53.0 Å². The van der Waals surface area contributed by atoms with Crippen molar-refractivity contribution in [1.82, 2.24) is 19.6 Å². The van der Waals surface area contributed by atoms with Gasteiger partial charge in [-0.2, -0.15) is 22.8 Å². The zero-order chi connectivity index (χ0) is 15.0. The van der Waals surface area contributed by atoms with Crippen molar-refractivity contribution in [3.05, 3.63) is 34.9 Å². The van der Waals surface area contributed by atoms with E-state index in [9.17, 15) is 0 Å². The van der Waals surface area contributed by atoms with E-state index in [1.54, 1.807) is 0 Å². The summed E-state index contributed by atoms with van der Waals surface area (Å²) < 4.78 is 4.10. The number of aryl methyl sites for hydroxylation is 4. The molecule has 0 N–H and O–H groups in total. The first kappa shape index (κ1) is 15.2. The van der Waals surface area contributed by atoms with Gasteiger partial charge in [-0.1, -0.05) is 13.8 Å². The van der Waals surface area contributed by atoms with Crippen molar-refractivity contribution in [3.63, 3.8) is 0 Å². The molecule has 1 unspecified atom stereocenters. The summed E-state index contributed by atoms with van der Waals surface area (Å²) in [4.78, 5) is 0. The third-order valence-corrected chi connectivity index (χ3v) is 4.44. The number of rotatable bonds is 4. The summed E-state index contributed by atoms with van der Waals surface area (Å²) in [6, 6.07) is 4.19. The summed E-state index contributed by atoms with van der Waals surface area (Å²) in [5.74, 6) is 0.427. The predicted octanol–water partition coefficient (Wildman–Crippen LogP) is 3.31. The minimum atomic E-state index is 0.000679. The lowest BCUT2D eigenvalue weighted by molar-refractivity contribution is 0.303. The highest BCUT2D eigenvalue weighted by Crippen LogP contribution is 2.27. The third-order valence-electron chi connectivity index (χ3n) is 3.58. The molecule has 0 fully saturated rings. The Labute approximate surface area is 126 Å². The van der Waals surface area contributed by atoms with Gasteiger partial charge in [0.2, 0.25) is 0 Å². The Balaban J connectivity index is 2.56. The van der Waals surface area contributed by atoms with Gasteiger partial charge in [-0.25, -0.2) is 9.36 Å². The summed E-state index contributed by atoms with van der Waals surface area (Å²) in [5.41, 5.74) is 4.33. The van der Waals surface area contributed by atoms with Crippen LogP contribution in [0.4, 0.5) is 0 Å². The molecule has 0 aliphatic rings. The Hall–Kier alpha value is -1.23. The van der Waals surface area contributed by atoms with E-state index in [-0.39, 0.29) is 11.4 Å². The minimum Gasteiger partial charge on any atom is -0.244 e. The molecule has 0 radical (unpaired) electrons. The van der Waals surface area contributed by atoms with Crippen molar-refractivity contribution >= 4 is 12.6 Å². The van der Waals surface area contributed by atoms with E-state index in [0.717, 1.165) is 22.8 Å². The smallest absolute Gasteiger partial charge is 0.155 e. The van der Waals surface area contributed by atoms with Crippen LogP contribution in [0, 0.1) is 33.6 Å². The normalized spacial score (nSPS) is 13.4. The fourth-order valence-corrected chi connectivity index (χ4v) is 2.82. The monoisotopic (exact) mass is 292 g/mol. The molecule has 20 heavy (non-hydrogen) atoms. The maximum absolute atomic E-state index is 4.83. The van der Waals surface area contributed by atoms with E-state index in [2.05, 4.69) is 50.0 Å². The average Bonchev–Trinajstić information content (AvgIpc) is 2.83. The summed E-state index contributed by atoms with van der Waals surface area (Å²) in [6.45, 7) is 12.6. The van der Waals surface area contributed by atoms with Crippen LogP contribution in [0.1, 0.15) is 42.8 Å². The van der Waals surface area contributed by atoms with Gasteiger partial charge in [-0.15, -0.1) is 0 Å². The van der Waals surface area contributed by atoms with Gasteiger partial charge in [-0.05, 0) is 45.7 Å². The Bertz CT molecular complexity index is 551. The molecule has 2 heterocycles. The molecule has 0 saturated carbocycles. The van der Waals surface area contributed by atoms with Gasteiger partial charge < -0.3 is 0 Å². The van der Waals surface area contributed by atoms with Crippen molar-refractivity contribution in [2.75, 3.05) is 0 Å². The van der Waals surface area contributed by atoms with Crippen LogP contribution in [0.25, 0.3) is 0 Å². The molecule has 2 aromatic rings. The van der Waals surface area contributed by atoms with Crippen LogP contribution >= 0.6 is 12.6 Å². The van der Waals surface area contributed by atoms with Crippen LogP contribution in [0.5, 0.6) is 0 Å². The number of hydrogen-bond acceptors (Lipinski definition) is 3. The zero-order valence-corrected chi connectivity index (χ0v) is 14.0. The molecule has 2 aromatic heterocycles. The van der Waals surface area contributed by atoms with Crippen molar-refractivity contribution < 1.29 is 0 Å². The van der Waals surface area contributed by atoms with Crippen molar-refractivity contribution in [3.8, 4) is 0 Å². The highest BCUT2D eigenvalue weighted by atomic mass is 32.1. The molecule has 4 nitrogen and oxygen atoms in total. The maximum atomic E-state index is 4.83. The fourth-order valence-electron chi connectivity index (χ4n) is 2.57. The Kier molecular flexibility index (Phi) is 4.28. The molecular formula is C15H24N4S. The van der Waals surface area contributed by atoms with Crippen LogP contribution in [-0.2, 0) is 0 Å². The minimum absolute atomic E-state index is 0.000679. The van der Waals surface area contributed by atoms with E-state index >= 15 is 0 Å². The molecular weight excluding hydrogens is 268 g/mol. The quantitative estimate of drug-likeness (QED) is 0.878. The fraction of sp³-hybridized carbons (Fsp3) is 0.600. The Morgan fingerprint density at radius 3 is 1.55 bits per heavy atom. The van der Waals surface area contributed by atoms with Gasteiger partial charge >= 0.3 is 0 Å². The van der Waals surface area contributed by atoms with Gasteiger partial charge in [0, 0.05) is 16.6 Å². The van der Waals surface area contributed by atoms with Crippen LogP contribution < -0.4 is 0 Å². The second-order valence-corrected chi connectivity index (χ2v) is 6.49.